The molecule has 0 aliphatic carbocycles. The molecule has 2 aromatic carbocycles. The topological polar surface area (TPSA) is 69.0 Å². The second kappa shape index (κ2) is 10.00. The zero-order valence-electron chi connectivity index (χ0n) is 17.5. The number of hydrogen-bond donors (Lipinski definition) is 1. The maximum atomic E-state index is 12.3. The van der Waals surface area contributed by atoms with Crippen molar-refractivity contribution >= 4 is 35.0 Å². The van der Waals surface area contributed by atoms with Gasteiger partial charge in [-0.1, -0.05) is 48.5 Å². The highest BCUT2D eigenvalue weighted by molar-refractivity contribution is 7.99. The number of hydrogen-bond acceptors (Lipinski definition) is 5. The Labute approximate surface area is 186 Å². The molecule has 0 aliphatic rings. The number of carbonyl (C=O) groups excluding carboxylic acids is 1. The number of aryl methyl sites for hydroxylation is 2. The van der Waals surface area contributed by atoms with E-state index >= 15 is 0 Å². The molecule has 6 nitrogen and oxygen atoms in total. The number of anilines is 1. The van der Waals surface area contributed by atoms with E-state index in [0.717, 1.165) is 17.7 Å². The van der Waals surface area contributed by atoms with E-state index < -0.39 is 0 Å². The van der Waals surface area contributed by atoms with Crippen LogP contribution in [0.25, 0.3) is 0 Å². The van der Waals surface area contributed by atoms with Crippen LogP contribution in [0.15, 0.2) is 47.6 Å². The molecule has 1 amide bonds. The van der Waals surface area contributed by atoms with Crippen LogP contribution in [-0.2, 0) is 18.3 Å². The summed E-state index contributed by atoms with van der Waals surface area (Å²) < 4.78 is 7.85. The Morgan fingerprint density at radius 2 is 1.97 bits per heavy atom. The second-order valence-electron chi connectivity index (χ2n) is 6.95. The number of amides is 1. The van der Waals surface area contributed by atoms with E-state index in [0.29, 0.717) is 21.7 Å². The Morgan fingerprint density at radius 1 is 1.23 bits per heavy atom. The third-order valence-electron chi connectivity index (χ3n) is 4.68. The minimum absolute atomic E-state index is 0.129. The van der Waals surface area contributed by atoms with Crippen molar-refractivity contribution in [2.45, 2.75) is 38.5 Å². The smallest absolute Gasteiger partial charge is 0.234 e. The first kappa shape index (κ1) is 22.2. The van der Waals surface area contributed by atoms with E-state index in [1.807, 2.05) is 43.7 Å². The van der Waals surface area contributed by atoms with E-state index in [9.17, 15) is 4.79 Å². The molecule has 0 fully saturated rings. The maximum Gasteiger partial charge on any atom is 0.234 e. The summed E-state index contributed by atoms with van der Waals surface area (Å²) in [5.74, 6) is 1.57. The average molecular weight is 445 g/mol. The number of aromatic nitrogens is 3. The normalized spacial score (nSPS) is 11.9. The number of carbonyl (C=O) groups is 1. The molecule has 3 rings (SSSR count). The molecule has 0 bridgehead atoms. The maximum absolute atomic E-state index is 12.3. The molecule has 0 aliphatic heterocycles. The third kappa shape index (κ3) is 5.55. The zero-order chi connectivity index (χ0) is 21.7. The Hall–Kier alpha value is -2.51. The van der Waals surface area contributed by atoms with Crippen LogP contribution >= 0.6 is 23.4 Å². The van der Waals surface area contributed by atoms with Crippen molar-refractivity contribution in [1.29, 1.82) is 0 Å². The molecule has 3 aromatic rings. The van der Waals surface area contributed by atoms with Crippen LogP contribution in [0.1, 0.15) is 36.9 Å². The molecular weight excluding hydrogens is 420 g/mol. The lowest BCUT2D eigenvalue weighted by atomic mass is 10.2. The van der Waals surface area contributed by atoms with Crippen molar-refractivity contribution in [3.8, 4) is 5.75 Å². The van der Waals surface area contributed by atoms with Crippen LogP contribution in [0.3, 0.4) is 0 Å². The highest BCUT2D eigenvalue weighted by Gasteiger charge is 2.18. The molecule has 1 aromatic heterocycles. The molecular formula is C22H25ClN4O2S. The molecule has 158 valence electrons. The molecule has 0 radical (unpaired) electrons. The first-order valence-electron chi connectivity index (χ1n) is 9.71. The van der Waals surface area contributed by atoms with Gasteiger partial charge >= 0.3 is 0 Å². The number of nitrogens with zero attached hydrogens (tertiary/aromatic N) is 3. The van der Waals surface area contributed by atoms with Crippen LogP contribution in [0.2, 0.25) is 5.02 Å². The van der Waals surface area contributed by atoms with E-state index in [-0.39, 0.29) is 17.8 Å². The third-order valence-corrected chi connectivity index (χ3v) is 5.94. The van der Waals surface area contributed by atoms with Crippen LogP contribution < -0.4 is 10.1 Å². The summed E-state index contributed by atoms with van der Waals surface area (Å²) >= 11 is 7.33. The van der Waals surface area contributed by atoms with Gasteiger partial charge in [0.2, 0.25) is 5.91 Å². The average Bonchev–Trinajstić information content (AvgIpc) is 3.10. The standard InChI is InChI=1S/C22H25ClN4O2S/c1-5-16-7-10-18(11-8-16)29-15(3)21-25-26-22(27(21)4)30-13-20(28)24-19-12-17(23)9-6-14(19)2/h6-12,15H,5,13H2,1-4H3,(H,24,28)/t15-/m0/s1. The van der Waals surface area contributed by atoms with Crippen LogP contribution in [0, 0.1) is 6.92 Å². The van der Waals surface area contributed by atoms with Gasteiger partial charge < -0.3 is 14.6 Å². The molecule has 0 saturated heterocycles. The summed E-state index contributed by atoms with van der Waals surface area (Å²) in [6.07, 6.45) is 0.719. The van der Waals surface area contributed by atoms with E-state index in [1.54, 1.807) is 12.1 Å². The lowest BCUT2D eigenvalue weighted by molar-refractivity contribution is -0.113. The van der Waals surface area contributed by atoms with E-state index in [1.165, 1.54) is 17.3 Å². The largest absolute Gasteiger partial charge is 0.483 e. The highest BCUT2D eigenvalue weighted by Crippen LogP contribution is 2.25. The SMILES string of the molecule is CCc1ccc(O[C@@H](C)c2nnc(SCC(=O)Nc3cc(Cl)ccc3C)n2C)cc1. The van der Waals surface area contributed by atoms with Gasteiger partial charge in [-0.25, -0.2) is 0 Å². The Morgan fingerprint density at radius 3 is 2.67 bits per heavy atom. The van der Waals surface area contributed by atoms with Gasteiger partial charge in [-0.2, -0.15) is 0 Å². The minimum Gasteiger partial charge on any atom is -0.483 e. The van der Waals surface area contributed by atoms with Gasteiger partial charge in [0, 0.05) is 17.8 Å². The van der Waals surface area contributed by atoms with Gasteiger partial charge in [-0.05, 0) is 55.7 Å². The first-order valence-corrected chi connectivity index (χ1v) is 11.1. The lowest BCUT2D eigenvalue weighted by Gasteiger charge is -2.14. The molecule has 1 N–H and O–H groups in total. The molecule has 0 saturated carbocycles. The molecule has 0 unspecified atom stereocenters. The minimum atomic E-state index is -0.271. The predicted molar refractivity (Wildman–Crippen MR) is 121 cm³/mol. The quantitative estimate of drug-likeness (QED) is 0.483. The zero-order valence-corrected chi connectivity index (χ0v) is 19.0. The van der Waals surface area contributed by atoms with Gasteiger partial charge in [-0.3, -0.25) is 4.79 Å². The van der Waals surface area contributed by atoms with Gasteiger partial charge in [0.25, 0.3) is 0 Å². The summed E-state index contributed by atoms with van der Waals surface area (Å²) in [5, 5.41) is 12.6. The molecule has 0 spiro atoms. The summed E-state index contributed by atoms with van der Waals surface area (Å²) in [4.78, 5) is 12.3. The van der Waals surface area contributed by atoms with Crippen molar-refractivity contribution in [2.24, 2.45) is 7.05 Å². The monoisotopic (exact) mass is 444 g/mol. The Balaban J connectivity index is 1.59. The Kier molecular flexibility index (Phi) is 7.39. The molecule has 1 atom stereocenters. The van der Waals surface area contributed by atoms with Crippen LogP contribution in [-0.4, -0.2) is 26.4 Å². The van der Waals surface area contributed by atoms with Crippen molar-refractivity contribution in [1.82, 2.24) is 14.8 Å². The molecule has 30 heavy (non-hydrogen) atoms. The van der Waals surface area contributed by atoms with E-state index in [2.05, 4.69) is 34.6 Å². The number of nitrogens with one attached hydrogen (secondary N) is 1. The van der Waals surface area contributed by atoms with Crippen molar-refractivity contribution < 1.29 is 9.53 Å². The fourth-order valence-electron chi connectivity index (χ4n) is 2.91. The van der Waals surface area contributed by atoms with E-state index in [4.69, 9.17) is 16.3 Å². The number of benzene rings is 2. The van der Waals surface area contributed by atoms with Crippen molar-refractivity contribution in [2.75, 3.05) is 11.1 Å². The summed E-state index contributed by atoms with van der Waals surface area (Å²) in [6, 6.07) is 13.4. The summed E-state index contributed by atoms with van der Waals surface area (Å²) in [6.45, 7) is 5.97. The summed E-state index contributed by atoms with van der Waals surface area (Å²) in [5.41, 5.74) is 2.93. The van der Waals surface area contributed by atoms with Gasteiger partial charge in [0.05, 0.1) is 5.75 Å². The lowest BCUT2D eigenvalue weighted by Crippen LogP contribution is -2.15. The predicted octanol–water partition coefficient (Wildman–Crippen LogP) is 5.21. The van der Waals surface area contributed by atoms with Crippen molar-refractivity contribution in [3.05, 3.63) is 64.4 Å². The van der Waals surface area contributed by atoms with Gasteiger partial charge in [-0.15, -0.1) is 10.2 Å². The van der Waals surface area contributed by atoms with Crippen LogP contribution in [0.5, 0.6) is 5.75 Å². The summed E-state index contributed by atoms with van der Waals surface area (Å²) in [7, 11) is 1.87. The molecule has 8 heteroatoms. The second-order valence-corrected chi connectivity index (χ2v) is 8.33. The van der Waals surface area contributed by atoms with Crippen LogP contribution in [0.4, 0.5) is 5.69 Å². The number of halogens is 1. The fourth-order valence-corrected chi connectivity index (χ4v) is 3.80. The van der Waals surface area contributed by atoms with Gasteiger partial charge in [0.15, 0.2) is 17.1 Å². The fraction of sp³-hybridized carbons (Fsp3) is 0.318. The number of ether oxygens (including phenoxy) is 1. The first-order chi connectivity index (χ1) is 14.4. The molecule has 1 heterocycles. The van der Waals surface area contributed by atoms with Gasteiger partial charge in [0.1, 0.15) is 5.75 Å². The van der Waals surface area contributed by atoms with Crippen molar-refractivity contribution in [3.63, 3.8) is 0 Å². The number of thioether (sulfide) groups is 1. The highest BCUT2D eigenvalue weighted by atomic mass is 35.5. The number of rotatable bonds is 8. The Bertz CT molecular complexity index is 1020.